The molecule has 0 aliphatic rings. The van der Waals surface area contributed by atoms with Crippen molar-refractivity contribution in [3.05, 3.63) is 51.8 Å². The highest BCUT2D eigenvalue weighted by Crippen LogP contribution is 2.17. The molecule has 0 atom stereocenters. The standard InChI is InChI=1S/C13H11BrClN3O/c1-2-18(12-4-3-9(14)8-17-12)13(19)11-7-10(15)5-6-16-11/h3-8H,2H2,1H3. The third-order valence-electron chi connectivity index (χ3n) is 2.49. The summed E-state index contributed by atoms with van der Waals surface area (Å²) in [5.74, 6) is 0.359. The number of hydrogen-bond acceptors (Lipinski definition) is 3. The minimum atomic E-state index is -0.222. The average molecular weight is 341 g/mol. The van der Waals surface area contributed by atoms with Crippen molar-refractivity contribution in [1.82, 2.24) is 9.97 Å². The summed E-state index contributed by atoms with van der Waals surface area (Å²) in [7, 11) is 0. The zero-order valence-electron chi connectivity index (χ0n) is 10.2. The molecular formula is C13H11BrClN3O. The van der Waals surface area contributed by atoms with Crippen LogP contribution in [-0.4, -0.2) is 22.4 Å². The van der Waals surface area contributed by atoms with Crippen LogP contribution in [0, 0.1) is 0 Å². The second-order valence-corrected chi connectivity index (χ2v) is 5.10. The SMILES string of the molecule is CCN(C(=O)c1cc(Cl)ccn1)c1ccc(Br)cn1. The van der Waals surface area contributed by atoms with Gasteiger partial charge in [0, 0.05) is 28.4 Å². The number of rotatable bonds is 3. The van der Waals surface area contributed by atoms with Gasteiger partial charge in [-0.3, -0.25) is 14.7 Å². The van der Waals surface area contributed by atoms with Gasteiger partial charge in [0.15, 0.2) is 0 Å². The molecular weight excluding hydrogens is 330 g/mol. The Bertz CT molecular complexity index is 589. The smallest absolute Gasteiger partial charge is 0.278 e. The van der Waals surface area contributed by atoms with E-state index in [9.17, 15) is 4.79 Å². The van der Waals surface area contributed by atoms with Crippen molar-refractivity contribution in [2.75, 3.05) is 11.4 Å². The lowest BCUT2D eigenvalue weighted by Crippen LogP contribution is -2.32. The number of aromatic nitrogens is 2. The van der Waals surface area contributed by atoms with Crippen molar-refractivity contribution in [3.63, 3.8) is 0 Å². The molecule has 0 radical (unpaired) electrons. The molecule has 0 saturated heterocycles. The number of carbonyl (C=O) groups excluding carboxylic acids is 1. The highest BCUT2D eigenvalue weighted by molar-refractivity contribution is 9.10. The normalized spacial score (nSPS) is 10.3. The molecule has 2 aromatic rings. The van der Waals surface area contributed by atoms with E-state index in [1.807, 2.05) is 13.0 Å². The summed E-state index contributed by atoms with van der Waals surface area (Å²) in [5, 5.41) is 0.484. The molecule has 4 nitrogen and oxygen atoms in total. The van der Waals surface area contributed by atoms with E-state index in [-0.39, 0.29) is 5.91 Å². The fourth-order valence-electron chi connectivity index (χ4n) is 1.60. The monoisotopic (exact) mass is 339 g/mol. The molecule has 0 N–H and O–H groups in total. The molecule has 1 amide bonds. The van der Waals surface area contributed by atoms with Crippen LogP contribution in [0.5, 0.6) is 0 Å². The number of hydrogen-bond donors (Lipinski definition) is 0. The largest absolute Gasteiger partial charge is 0.292 e. The van der Waals surface area contributed by atoms with Gasteiger partial charge in [0.2, 0.25) is 0 Å². The summed E-state index contributed by atoms with van der Waals surface area (Å²) < 4.78 is 0.862. The van der Waals surface area contributed by atoms with Crippen LogP contribution in [0.2, 0.25) is 5.02 Å². The molecule has 0 fully saturated rings. The second kappa shape index (κ2) is 6.12. The lowest BCUT2D eigenvalue weighted by atomic mass is 10.3. The van der Waals surface area contributed by atoms with Gasteiger partial charge in [-0.2, -0.15) is 0 Å². The number of nitrogens with zero attached hydrogens (tertiary/aromatic N) is 3. The minimum absolute atomic E-state index is 0.222. The lowest BCUT2D eigenvalue weighted by molar-refractivity contribution is 0.0983. The Morgan fingerprint density at radius 1 is 1.37 bits per heavy atom. The van der Waals surface area contributed by atoms with Crippen LogP contribution in [0.3, 0.4) is 0 Å². The molecule has 2 aromatic heterocycles. The first-order valence-electron chi connectivity index (χ1n) is 5.66. The van der Waals surface area contributed by atoms with Crippen LogP contribution in [0.25, 0.3) is 0 Å². The van der Waals surface area contributed by atoms with Crippen molar-refractivity contribution in [3.8, 4) is 0 Å². The third-order valence-corrected chi connectivity index (χ3v) is 3.19. The zero-order valence-corrected chi connectivity index (χ0v) is 12.5. The molecule has 98 valence electrons. The highest BCUT2D eigenvalue weighted by atomic mass is 79.9. The van der Waals surface area contributed by atoms with E-state index >= 15 is 0 Å². The number of amides is 1. The fourth-order valence-corrected chi connectivity index (χ4v) is 1.99. The molecule has 0 saturated carbocycles. The van der Waals surface area contributed by atoms with Crippen molar-refractivity contribution in [2.45, 2.75) is 6.92 Å². The molecule has 6 heteroatoms. The van der Waals surface area contributed by atoms with E-state index in [1.165, 1.54) is 6.20 Å². The van der Waals surface area contributed by atoms with Gasteiger partial charge in [-0.1, -0.05) is 11.6 Å². The Labute approximate surface area is 124 Å². The van der Waals surface area contributed by atoms with Gasteiger partial charge in [-0.15, -0.1) is 0 Å². The Balaban J connectivity index is 2.31. The van der Waals surface area contributed by atoms with Crippen LogP contribution in [-0.2, 0) is 0 Å². The van der Waals surface area contributed by atoms with Gasteiger partial charge < -0.3 is 0 Å². The van der Waals surface area contributed by atoms with Gasteiger partial charge in [0.25, 0.3) is 5.91 Å². The summed E-state index contributed by atoms with van der Waals surface area (Å²) >= 11 is 9.18. The molecule has 2 rings (SSSR count). The second-order valence-electron chi connectivity index (χ2n) is 3.74. The van der Waals surface area contributed by atoms with Crippen molar-refractivity contribution < 1.29 is 4.79 Å². The van der Waals surface area contributed by atoms with Crippen LogP contribution in [0.4, 0.5) is 5.82 Å². The first-order chi connectivity index (χ1) is 9.11. The summed E-state index contributed by atoms with van der Waals surface area (Å²) in [5.41, 5.74) is 0.305. The minimum Gasteiger partial charge on any atom is -0.292 e. The molecule has 0 unspecified atom stereocenters. The molecule has 0 aliphatic carbocycles. The van der Waals surface area contributed by atoms with Gasteiger partial charge in [0.1, 0.15) is 11.5 Å². The van der Waals surface area contributed by atoms with E-state index in [0.29, 0.717) is 23.1 Å². The van der Waals surface area contributed by atoms with Crippen LogP contribution in [0.1, 0.15) is 17.4 Å². The van der Waals surface area contributed by atoms with E-state index in [4.69, 9.17) is 11.6 Å². The van der Waals surface area contributed by atoms with E-state index in [2.05, 4.69) is 25.9 Å². The fraction of sp³-hybridized carbons (Fsp3) is 0.154. The summed E-state index contributed by atoms with van der Waals surface area (Å²) in [6.45, 7) is 2.38. The maximum atomic E-state index is 12.4. The molecule has 2 heterocycles. The lowest BCUT2D eigenvalue weighted by Gasteiger charge is -2.19. The van der Waals surface area contributed by atoms with Gasteiger partial charge >= 0.3 is 0 Å². The van der Waals surface area contributed by atoms with Crippen LogP contribution in [0.15, 0.2) is 41.1 Å². The predicted molar refractivity (Wildman–Crippen MR) is 78.5 cm³/mol. The Kier molecular flexibility index (Phi) is 4.50. The van der Waals surface area contributed by atoms with E-state index < -0.39 is 0 Å². The number of halogens is 2. The van der Waals surface area contributed by atoms with Crippen molar-refractivity contribution in [1.29, 1.82) is 0 Å². The molecule has 0 spiro atoms. The van der Waals surface area contributed by atoms with E-state index in [0.717, 1.165) is 4.47 Å². The van der Waals surface area contributed by atoms with Crippen LogP contribution >= 0.6 is 27.5 Å². The summed E-state index contributed by atoms with van der Waals surface area (Å²) in [6.07, 6.45) is 3.16. The summed E-state index contributed by atoms with van der Waals surface area (Å²) in [4.78, 5) is 22.2. The molecule has 0 bridgehead atoms. The van der Waals surface area contributed by atoms with Gasteiger partial charge in [-0.25, -0.2) is 4.98 Å². The molecule has 0 aliphatic heterocycles. The first-order valence-corrected chi connectivity index (χ1v) is 6.84. The van der Waals surface area contributed by atoms with Crippen LogP contribution < -0.4 is 4.90 Å². The summed E-state index contributed by atoms with van der Waals surface area (Å²) in [6, 6.07) is 6.79. The molecule has 0 aromatic carbocycles. The number of pyridine rings is 2. The number of carbonyl (C=O) groups is 1. The zero-order chi connectivity index (χ0) is 13.8. The van der Waals surface area contributed by atoms with Crippen molar-refractivity contribution in [2.24, 2.45) is 0 Å². The average Bonchev–Trinajstić information content (AvgIpc) is 2.41. The topological polar surface area (TPSA) is 46.1 Å². The molecule has 19 heavy (non-hydrogen) atoms. The van der Waals surface area contributed by atoms with Crippen molar-refractivity contribution >= 4 is 39.3 Å². The third kappa shape index (κ3) is 3.30. The Morgan fingerprint density at radius 2 is 2.16 bits per heavy atom. The van der Waals surface area contributed by atoms with Gasteiger partial charge in [0.05, 0.1) is 0 Å². The predicted octanol–water partition coefficient (Wildman–Crippen LogP) is 3.56. The highest BCUT2D eigenvalue weighted by Gasteiger charge is 2.18. The first kappa shape index (κ1) is 14.0. The Hall–Kier alpha value is -1.46. The maximum Gasteiger partial charge on any atom is 0.278 e. The van der Waals surface area contributed by atoms with E-state index in [1.54, 1.807) is 29.3 Å². The Morgan fingerprint density at radius 3 is 2.74 bits per heavy atom. The number of anilines is 1. The quantitative estimate of drug-likeness (QED) is 0.858. The maximum absolute atomic E-state index is 12.4. The van der Waals surface area contributed by atoms with Gasteiger partial charge in [-0.05, 0) is 47.1 Å².